The summed E-state index contributed by atoms with van der Waals surface area (Å²) in [6, 6.07) is 13.7. The molecular weight excluding hydrogens is 342 g/mol. The molecule has 6 nitrogen and oxygen atoms in total. The van der Waals surface area contributed by atoms with Gasteiger partial charge in [0.15, 0.2) is 0 Å². The number of carbonyl (C=O) groups excluding carboxylic acids is 2. The molecule has 0 heterocycles. The van der Waals surface area contributed by atoms with E-state index in [1.165, 1.54) is 12.8 Å². The third-order valence-corrected chi connectivity index (χ3v) is 4.08. The topological polar surface area (TPSA) is 79.5 Å². The lowest BCUT2D eigenvalue weighted by atomic mass is 10.2. The van der Waals surface area contributed by atoms with E-state index in [1.54, 1.807) is 43.5 Å². The molecule has 3 amide bonds. The second kappa shape index (κ2) is 10.9. The van der Waals surface area contributed by atoms with E-state index in [4.69, 9.17) is 4.74 Å². The van der Waals surface area contributed by atoms with E-state index in [9.17, 15) is 9.59 Å². The molecule has 0 aliphatic carbocycles. The number of para-hydroxylation sites is 2. The highest BCUT2D eigenvalue weighted by Gasteiger charge is 2.09. The number of hydrogen-bond acceptors (Lipinski definition) is 3. The van der Waals surface area contributed by atoms with Crippen LogP contribution in [0.2, 0.25) is 0 Å². The van der Waals surface area contributed by atoms with Gasteiger partial charge >= 0.3 is 6.03 Å². The highest BCUT2D eigenvalue weighted by Crippen LogP contribution is 2.23. The third kappa shape index (κ3) is 6.66. The quantitative estimate of drug-likeness (QED) is 0.563. The molecule has 0 aliphatic rings. The molecule has 2 aromatic rings. The Balaban J connectivity index is 1.85. The summed E-state index contributed by atoms with van der Waals surface area (Å²) in [6.45, 7) is 2.81. The van der Waals surface area contributed by atoms with Crippen molar-refractivity contribution in [2.45, 2.75) is 32.6 Å². The van der Waals surface area contributed by atoms with Crippen LogP contribution in [0.5, 0.6) is 5.75 Å². The first kappa shape index (κ1) is 20.3. The summed E-state index contributed by atoms with van der Waals surface area (Å²) in [5.74, 6) is 0.353. The first-order valence-corrected chi connectivity index (χ1v) is 9.23. The zero-order valence-corrected chi connectivity index (χ0v) is 15.9. The van der Waals surface area contributed by atoms with Crippen LogP contribution in [0.15, 0.2) is 48.5 Å². The number of amides is 3. The van der Waals surface area contributed by atoms with E-state index in [0.717, 1.165) is 12.8 Å². The van der Waals surface area contributed by atoms with Crippen molar-refractivity contribution in [1.29, 1.82) is 0 Å². The Morgan fingerprint density at radius 2 is 1.67 bits per heavy atom. The van der Waals surface area contributed by atoms with Crippen LogP contribution in [0, 0.1) is 0 Å². The summed E-state index contributed by atoms with van der Waals surface area (Å²) in [7, 11) is 1.56. The van der Waals surface area contributed by atoms with E-state index in [-0.39, 0.29) is 11.9 Å². The van der Waals surface area contributed by atoms with Crippen LogP contribution in [-0.4, -0.2) is 25.6 Å². The summed E-state index contributed by atoms with van der Waals surface area (Å²) < 4.78 is 5.23. The highest BCUT2D eigenvalue weighted by atomic mass is 16.5. The Kier molecular flexibility index (Phi) is 8.16. The Labute approximate surface area is 160 Å². The minimum Gasteiger partial charge on any atom is -0.495 e. The minimum atomic E-state index is -0.244. The standard InChI is InChI=1S/C21H27N3O3/c1-3-4-5-8-15-22-21(26)23-17-13-11-16(12-14-17)20(25)24-18-9-6-7-10-19(18)27-2/h6-7,9-14H,3-5,8,15H2,1-2H3,(H,24,25)(H2,22,23,26). The van der Waals surface area contributed by atoms with E-state index in [1.807, 2.05) is 12.1 Å². The van der Waals surface area contributed by atoms with Crippen molar-refractivity contribution in [3.63, 3.8) is 0 Å². The normalized spacial score (nSPS) is 10.1. The van der Waals surface area contributed by atoms with Gasteiger partial charge in [0.05, 0.1) is 12.8 Å². The number of rotatable bonds is 9. The van der Waals surface area contributed by atoms with Gasteiger partial charge in [0.25, 0.3) is 5.91 Å². The fourth-order valence-electron chi connectivity index (χ4n) is 2.58. The molecule has 0 unspecified atom stereocenters. The molecule has 3 N–H and O–H groups in total. The maximum Gasteiger partial charge on any atom is 0.319 e. The first-order chi connectivity index (χ1) is 13.1. The Hall–Kier alpha value is -3.02. The number of methoxy groups -OCH3 is 1. The first-order valence-electron chi connectivity index (χ1n) is 9.23. The number of nitrogens with one attached hydrogen (secondary N) is 3. The molecule has 0 radical (unpaired) electrons. The van der Waals surface area contributed by atoms with Crippen molar-refractivity contribution in [3.05, 3.63) is 54.1 Å². The largest absolute Gasteiger partial charge is 0.495 e. The van der Waals surface area contributed by atoms with Crippen LogP contribution in [0.25, 0.3) is 0 Å². The van der Waals surface area contributed by atoms with Gasteiger partial charge in [-0.2, -0.15) is 0 Å². The van der Waals surface area contributed by atoms with Crippen LogP contribution < -0.4 is 20.7 Å². The monoisotopic (exact) mass is 369 g/mol. The number of anilines is 2. The SMILES string of the molecule is CCCCCCNC(=O)Nc1ccc(C(=O)Nc2ccccc2OC)cc1. The Bertz CT molecular complexity index is 745. The number of ether oxygens (including phenoxy) is 1. The van der Waals surface area contributed by atoms with Gasteiger partial charge in [-0.05, 0) is 42.8 Å². The smallest absolute Gasteiger partial charge is 0.319 e. The van der Waals surface area contributed by atoms with Crippen LogP contribution in [0.4, 0.5) is 16.2 Å². The molecule has 0 bridgehead atoms. The van der Waals surface area contributed by atoms with Crippen molar-refractivity contribution < 1.29 is 14.3 Å². The molecule has 0 spiro atoms. The fourth-order valence-corrected chi connectivity index (χ4v) is 2.58. The van der Waals surface area contributed by atoms with Gasteiger partial charge in [-0.25, -0.2) is 4.79 Å². The molecule has 0 fully saturated rings. The van der Waals surface area contributed by atoms with Gasteiger partial charge in [0, 0.05) is 17.8 Å². The minimum absolute atomic E-state index is 0.238. The van der Waals surface area contributed by atoms with Crippen LogP contribution in [0.3, 0.4) is 0 Å². The lowest BCUT2D eigenvalue weighted by molar-refractivity contribution is 0.102. The number of carbonyl (C=O) groups is 2. The van der Waals surface area contributed by atoms with Gasteiger partial charge in [0.1, 0.15) is 5.75 Å². The van der Waals surface area contributed by atoms with Gasteiger partial charge in [-0.15, -0.1) is 0 Å². The zero-order valence-electron chi connectivity index (χ0n) is 15.9. The summed E-state index contributed by atoms with van der Waals surface area (Å²) in [6.07, 6.45) is 4.45. The molecule has 0 saturated heterocycles. The molecule has 0 aromatic heterocycles. The molecule has 2 aromatic carbocycles. The fraction of sp³-hybridized carbons (Fsp3) is 0.333. The molecule has 6 heteroatoms. The van der Waals surface area contributed by atoms with Crippen molar-refractivity contribution in [1.82, 2.24) is 5.32 Å². The Morgan fingerprint density at radius 1 is 0.926 bits per heavy atom. The van der Waals surface area contributed by atoms with E-state index in [0.29, 0.717) is 29.2 Å². The van der Waals surface area contributed by atoms with Gasteiger partial charge in [-0.1, -0.05) is 38.3 Å². The maximum absolute atomic E-state index is 12.4. The van der Waals surface area contributed by atoms with Crippen molar-refractivity contribution >= 4 is 23.3 Å². The number of unbranched alkanes of at least 4 members (excludes halogenated alkanes) is 3. The molecule has 27 heavy (non-hydrogen) atoms. The number of urea groups is 1. The number of hydrogen-bond donors (Lipinski definition) is 3. The second-order valence-corrected chi connectivity index (χ2v) is 6.17. The van der Waals surface area contributed by atoms with E-state index < -0.39 is 0 Å². The zero-order chi connectivity index (χ0) is 19.5. The van der Waals surface area contributed by atoms with Crippen molar-refractivity contribution in [2.75, 3.05) is 24.3 Å². The predicted molar refractivity (Wildman–Crippen MR) is 109 cm³/mol. The lowest BCUT2D eigenvalue weighted by Gasteiger charge is -2.11. The molecule has 0 aliphatic heterocycles. The molecule has 0 saturated carbocycles. The van der Waals surface area contributed by atoms with Crippen LogP contribution in [0.1, 0.15) is 43.0 Å². The number of benzene rings is 2. The Morgan fingerprint density at radius 3 is 2.37 bits per heavy atom. The predicted octanol–water partition coefficient (Wildman–Crippen LogP) is 4.65. The van der Waals surface area contributed by atoms with Crippen LogP contribution in [-0.2, 0) is 0 Å². The van der Waals surface area contributed by atoms with Crippen molar-refractivity contribution in [3.8, 4) is 5.75 Å². The van der Waals surface area contributed by atoms with E-state index >= 15 is 0 Å². The molecule has 144 valence electrons. The maximum atomic E-state index is 12.4. The average molecular weight is 369 g/mol. The van der Waals surface area contributed by atoms with Gasteiger partial charge < -0.3 is 20.7 Å². The average Bonchev–Trinajstić information content (AvgIpc) is 2.68. The summed E-state index contributed by atoms with van der Waals surface area (Å²) in [5.41, 5.74) is 1.73. The summed E-state index contributed by atoms with van der Waals surface area (Å²) >= 11 is 0. The molecule has 2 rings (SSSR count). The summed E-state index contributed by atoms with van der Waals surface area (Å²) in [4.78, 5) is 24.2. The molecule has 0 atom stereocenters. The van der Waals surface area contributed by atoms with Crippen LogP contribution >= 0.6 is 0 Å². The van der Waals surface area contributed by atoms with Gasteiger partial charge in [-0.3, -0.25) is 4.79 Å². The summed E-state index contributed by atoms with van der Waals surface area (Å²) in [5, 5.41) is 8.41. The third-order valence-electron chi connectivity index (χ3n) is 4.08. The highest BCUT2D eigenvalue weighted by molar-refractivity contribution is 6.05. The van der Waals surface area contributed by atoms with E-state index in [2.05, 4.69) is 22.9 Å². The second-order valence-electron chi connectivity index (χ2n) is 6.17. The van der Waals surface area contributed by atoms with Crippen molar-refractivity contribution in [2.24, 2.45) is 0 Å². The van der Waals surface area contributed by atoms with Gasteiger partial charge in [0.2, 0.25) is 0 Å². The molecular formula is C21H27N3O3. The lowest BCUT2D eigenvalue weighted by Crippen LogP contribution is -2.29.